The van der Waals surface area contributed by atoms with Gasteiger partial charge < -0.3 is 14.5 Å². The van der Waals surface area contributed by atoms with Gasteiger partial charge in [-0.15, -0.1) is 0 Å². The summed E-state index contributed by atoms with van der Waals surface area (Å²) in [5.74, 6) is -0.183. The molecule has 0 radical (unpaired) electrons. The largest absolute Gasteiger partial charge is 0.371 e. The third kappa shape index (κ3) is 5.83. The minimum atomic E-state index is -0.183. The van der Waals surface area contributed by atoms with Gasteiger partial charge in [0.15, 0.2) is 0 Å². The topological polar surface area (TPSA) is 15.7 Å². The highest BCUT2D eigenvalue weighted by molar-refractivity contribution is 5.15. The molecular formula is C20H31FN2O. The Labute approximate surface area is 145 Å². The van der Waals surface area contributed by atoms with Gasteiger partial charge >= 0.3 is 0 Å². The second-order valence-electron chi connectivity index (χ2n) is 7.28. The average molecular weight is 334 g/mol. The molecule has 1 aromatic carbocycles. The van der Waals surface area contributed by atoms with Crippen molar-refractivity contribution in [1.82, 2.24) is 9.80 Å². The molecule has 2 aliphatic rings. The zero-order chi connectivity index (χ0) is 16.6. The SMILES string of the molecule is Fc1ccc(COC(CN2CCCCC2)CN2CCCCC2)cc1. The van der Waals surface area contributed by atoms with Crippen molar-refractivity contribution in [2.45, 2.75) is 51.2 Å². The maximum absolute atomic E-state index is 13.0. The molecule has 3 rings (SSSR count). The molecule has 2 saturated heterocycles. The lowest BCUT2D eigenvalue weighted by Crippen LogP contribution is -2.44. The number of likely N-dealkylation sites (tertiary alicyclic amines) is 2. The van der Waals surface area contributed by atoms with Crippen LogP contribution in [0, 0.1) is 5.82 Å². The number of rotatable bonds is 7. The fraction of sp³-hybridized carbons (Fsp3) is 0.700. The number of ether oxygens (including phenoxy) is 1. The van der Waals surface area contributed by atoms with E-state index in [1.165, 1.54) is 76.8 Å². The molecule has 2 heterocycles. The Hall–Kier alpha value is -0.970. The van der Waals surface area contributed by atoms with E-state index in [0.29, 0.717) is 6.61 Å². The summed E-state index contributed by atoms with van der Waals surface area (Å²) in [4.78, 5) is 5.12. The summed E-state index contributed by atoms with van der Waals surface area (Å²) in [6.45, 7) is 7.45. The van der Waals surface area contributed by atoms with Gasteiger partial charge in [0.05, 0.1) is 12.7 Å². The Balaban J connectivity index is 1.53. The molecule has 0 unspecified atom stereocenters. The maximum Gasteiger partial charge on any atom is 0.123 e. The van der Waals surface area contributed by atoms with Crippen LogP contribution >= 0.6 is 0 Å². The van der Waals surface area contributed by atoms with Gasteiger partial charge in [0.2, 0.25) is 0 Å². The maximum atomic E-state index is 13.0. The van der Waals surface area contributed by atoms with Crippen LogP contribution in [0.25, 0.3) is 0 Å². The fourth-order valence-corrected chi connectivity index (χ4v) is 3.82. The van der Waals surface area contributed by atoms with Gasteiger partial charge in [0.25, 0.3) is 0 Å². The summed E-state index contributed by atoms with van der Waals surface area (Å²) in [6, 6.07) is 6.69. The summed E-state index contributed by atoms with van der Waals surface area (Å²) < 4.78 is 19.3. The van der Waals surface area contributed by atoms with Crippen molar-refractivity contribution in [3.05, 3.63) is 35.6 Å². The monoisotopic (exact) mass is 334 g/mol. The Kier molecular flexibility index (Phi) is 7.06. The van der Waals surface area contributed by atoms with E-state index >= 15 is 0 Å². The fourth-order valence-electron chi connectivity index (χ4n) is 3.82. The van der Waals surface area contributed by atoms with Crippen molar-refractivity contribution >= 4 is 0 Å². The lowest BCUT2D eigenvalue weighted by molar-refractivity contribution is -0.0118. The van der Waals surface area contributed by atoms with Crippen LogP contribution in [-0.4, -0.2) is 55.2 Å². The van der Waals surface area contributed by atoms with Gasteiger partial charge in [0, 0.05) is 13.1 Å². The van der Waals surface area contributed by atoms with Crippen molar-refractivity contribution in [2.24, 2.45) is 0 Å². The zero-order valence-electron chi connectivity index (χ0n) is 14.8. The summed E-state index contributed by atoms with van der Waals surface area (Å²) in [6.07, 6.45) is 8.23. The van der Waals surface area contributed by atoms with Crippen molar-refractivity contribution in [3.8, 4) is 0 Å². The average Bonchev–Trinajstić information content (AvgIpc) is 2.63. The first-order chi connectivity index (χ1) is 11.8. The van der Waals surface area contributed by atoms with Crippen molar-refractivity contribution in [3.63, 3.8) is 0 Å². The van der Waals surface area contributed by atoms with Crippen molar-refractivity contribution in [1.29, 1.82) is 0 Å². The first-order valence-corrected chi connectivity index (χ1v) is 9.60. The van der Waals surface area contributed by atoms with E-state index in [1.54, 1.807) is 0 Å². The molecule has 0 aromatic heterocycles. The van der Waals surface area contributed by atoms with Crippen LogP contribution in [0.1, 0.15) is 44.1 Å². The van der Waals surface area contributed by atoms with Gasteiger partial charge in [-0.25, -0.2) is 4.39 Å². The predicted octanol–water partition coefficient (Wildman–Crippen LogP) is 3.68. The molecule has 0 saturated carbocycles. The normalized spacial score (nSPS) is 20.6. The molecule has 0 bridgehead atoms. The van der Waals surface area contributed by atoms with Crippen LogP contribution in [0.2, 0.25) is 0 Å². The van der Waals surface area contributed by atoms with Crippen molar-refractivity contribution < 1.29 is 9.13 Å². The molecule has 24 heavy (non-hydrogen) atoms. The van der Waals surface area contributed by atoms with Gasteiger partial charge in [-0.3, -0.25) is 0 Å². The lowest BCUT2D eigenvalue weighted by Gasteiger charge is -2.34. The third-order valence-electron chi connectivity index (χ3n) is 5.22. The second kappa shape index (κ2) is 9.50. The van der Waals surface area contributed by atoms with E-state index in [-0.39, 0.29) is 11.9 Å². The predicted molar refractivity (Wildman–Crippen MR) is 95.6 cm³/mol. The van der Waals surface area contributed by atoms with E-state index in [9.17, 15) is 4.39 Å². The standard InChI is InChI=1S/C20H31FN2O/c21-19-9-7-18(8-10-19)17-24-20(15-22-11-3-1-4-12-22)16-23-13-5-2-6-14-23/h7-10,20H,1-6,11-17H2. The Bertz CT molecular complexity index is 447. The molecule has 0 atom stereocenters. The molecular weight excluding hydrogens is 303 g/mol. The van der Waals surface area contributed by atoms with E-state index in [0.717, 1.165) is 18.7 Å². The third-order valence-corrected chi connectivity index (χ3v) is 5.22. The first kappa shape index (κ1) is 17.8. The molecule has 1 aromatic rings. The molecule has 2 aliphatic heterocycles. The highest BCUT2D eigenvalue weighted by Gasteiger charge is 2.21. The van der Waals surface area contributed by atoms with Crippen LogP contribution in [0.3, 0.4) is 0 Å². The van der Waals surface area contributed by atoms with Crippen LogP contribution in [0.5, 0.6) is 0 Å². The number of hydrogen-bond acceptors (Lipinski definition) is 3. The Morgan fingerprint density at radius 1 is 0.792 bits per heavy atom. The molecule has 0 spiro atoms. The summed E-state index contributed by atoms with van der Waals surface area (Å²) in [7, 11) is 0. The van der Waals surface area contributed by atoms with Gasteiger partial charge in [-0.2, -0.15) is 0 Å². The first-order valence-electron chi connectivity index (χ1n) is 9.60. The quantitative estimate of drug-likeness (QED) is 0.756. The number of benzene rings is 1. The van der Waals surface area contributed by atoms with Crippen LogP contribution in [0.4, 0.5) is 4.39 Å². The van der Waals surface area contributed by atoms with Crippen LogP contribution < -0.4 is 0 Å². The summed E-state index contributed by atoms with van der Waals surface area (Å²) >= 11 is 0. The van der Waals surface area contributed by atoms with Crippen LogP contribution in [-0.2, 0) is 11.3 Å². The highest BCUT2D eigenvalue weighted by Crippen LogP contribution is 2.15. The van der Waals surface area contributed by atoms with Gasteiger partial charge in [-0.1, -0.05) is 25.0 Å². The van der Waals surface area contributed by atoms with E-state index in [1.807, 2.05) is 12.1 Å². The molecule has 0 aliphatic carbocycles. The zero-order valence-corrected chi connectivity index (χ0v) is 14.8. The smallest absolute Gasteiger partial charge is 0.123 e. The Morgan fingerprint density at radius 2 is 1.29 bits per heavy atom. The summed E-state index contributed by atoms with van der Waals surface area (Å²) in [5.41, 5.74) is 1.05. The molecule has 2 fully saturated rings. The number of piperidine rings is 2. The Morgan fingerprint density at radius 3 is 1.79 bits per heavy atom. The molecule has 4 heteroatoms. The minimum absolute atomic E-state index is 0.183. The molecule has 3 nitrogen and oxygen atoms in total. The summed E-state index contributed by atoms with van der Waals surface area (Å²) in [5, 5.41) is 0. The van der Waals surface area contributed by atoms with Crippen LogP contribution in [0.15, 0.2) is 24.3 Å². The molecule has 0 N–H and O–H groups in total. The number of halogens is 1. The van der Waals surface area contributed by atoms with E-state index in [2.05, 4.69) is 9.80 Å². The van der Waals surface area contributed by atoms with E-state index in [4.69, 9.17) is 4.74 Å². The lowest BCUT2D eigenvalue weighted by atomic mass is 10.1. The van der Waals surface area contributed by atoms with Gasteiger partial charge in [-0.05, 0) is 69.6 Å². The van der Waals surface area contributed by atoms with E-state index < -0.39 is 0 Å². The highest BCUT2D eigenvalue weighted by atomic mass is 19.1. The molecule has 134 valence electrons. The second-order valence-corrected chi connectivity index (χ2v) is 7.28. The minimum Gasteiger partial charge on any atom is -0.371 e. The van der Waals surface area contributed by atoms with Crippen molar-refractivity contribution in [2.75, 3.05) is 39.3 Å². The molecule has 0 amide bonds. The van der Waals surface area contributed by atoms with Gasteiger partial charge in [0.1, 0.15) is 5.82 Å². The number of nitrogens with zero attached hydrogens (tertiary/aromatic N) is 2. The number of hydrogen-bond donors (Lipinski definition) is 0.